The summed E-state index contributed by atoms with van der Waals surface area (Å²) in [6.07, 6.45) is 72.3. The van der Waals surface area contributed by atoms with E-state index in [1.54, 1.807) is 0 Å². The van der Waals surface area contributed by atoms with Gasteiger partial charge in [-0.25, -0.2) is 9.13 Å². The van der Waals surface area contributed by atoms with Crippen molar-refractivity contribution < 1.29 is 80.2 Å². The summed E-state index contributed by atoms with van der Waals surface area (Å²) in [5.41, 5.74) is 0. The highest BCUT2D eigenvalue weighted by molar-refractivity contribution is 7.47. The van der Waals surface area contributed by atoms with E-state index < -0.39 is 97.5 Å². The Morgan fingerprint density at radius 1 is 0.302 bits per heavy atom. The number of aliphatic hydroxyl groups excluding tert-OH is 1. The van der Waals surface area contributed by atoms with Gasteiger partial charge in [0.25, 0.3) is 0 Å². The molecule has 0 saturated carbocycles. The maximum Gasteiger partial charge on any atom is 0.472 e. The van der Waals surface area contributed by atoms with E-state index >= 15 is 0 Å². The van der Waals surface area contributed by atoms with Gasteiger partial charge in [-0.15, -0.1) is 0 Å². The number of carbonyl (C=O) groups excluding carboxylic acids is 4. The van der Waals surface area contributed by atoms with Crippen LogP contribution in [-0.2, 0) is 65.4 Å². The Balaban J connectivity index is 5.38. The monoisotopic (exact) mass is 1390 g/mol. The average Bonchev–Trinajstić information content (AvgIpc) is 1.14. The first kappa shape index (κ1) is 91.7. The molecule has 0 fully saturated rings. The van der Waals surface area contributed by atoms with Crippen LogP contribution in [0.25, 0.3) is 0 Å². The van der Waals surface area contributed by atoms with Crippen molar-refractivity contribution in [2.45, 2.75) is 316 Å². The maximum atomic E-state index is 13.1. The van der Waals surface area contributed by atoms with Gasteiger partial charge in [-0.2, -0.15) is 0 Å². The number of hydrogen-bond acceptors (Lipinski definition) is 15. The molecule has 19 heteroatoms. The highest BCUT2D eigenvalue weighted by Crippen LogP contribution is 2.45. The van der Waals surface area contributed by atoms with E-state index in [2.05, 4.69) is 137 Å². The molecule has 0 aromatic rings. The van der Waals surface area contributed by atoms with Gasteiger partial charge in [0.1, 0.15) is 19.3 Å². The van der Waals surface area contributed by atoms with Crippen LogP contribution in [0, 0.1) is 0 Å². The second kappa shape index (κ2) is 69.2. The van der Waals surface area contributed by atoms with Crippen LogP contribution in [0.4, 0.5) is 0 Å². The Labute approximate surface area is 581 Å². The highest BCUT2D eigenvalue weighted by atomic mass is 31.2. The molecular formula is C77H132O17P2. The topological polar surface area (TPSA) is 237 Å². The van der Waals surface area contributed by atoms with Gasteiger partial charge in [0.2, 0.25) is 0 Å². The standard InChI is InChI=1S/C77H132O17P2/c1-5-9-13-17-21-25-29-33-35-39-41-45-49-53-57-61-74(79)87-67-72(93-76(81)63-59-55-51-47-43-37-31-27-23-19-15-11-7-3)69-91-95(83,84)89-65-71(78)66-90-96(85,86)92-70-73(94-77(82)64-60-56-52-48-44-38-32-28-24-20-16-12-8-4)68-88-75(80)62-58-54-50-46-42-40-36-34-30-26-22-18-14-10-6-2/h9-10,13-15,19,21-22,25-27,31,33-36,41,45,71-73,78H,5-8,11-12,16-18,20,23-24,28-30,32,37-40,42-44,46-70H2,1-4H3,(H,83,84)(H,85,86)/b13-9-,14-10-,19-15-,25-21-,26-22-,31-27-,35-33-,36-34-,45-41-. The summed E-state index contributed by atoms with van der Waals surface area (Å²) >= 11 is 0. The number of phosphoric acid groups is 2. The van der Waals surface area contributed by atoms with E-state index in [9.17, 15) is 43.2 Å². The van der Waals surface area contributed by atoms with Crippen LogP contribution in [-0.4, -0.2) is 96.7 Å². The molecule has 0 saturated heterocycles. The Morgan fingerprint density at radius 3 is 0.896 bits per heavy atom. The Bertz CT molecular complexity index is 2250. The first-order chi connectivity index (χ1) is 46.7. The van der Waals surface area contributed by atoms with E-state index in [0.29, 0.717) is 25.7 Å². The summed E-state index contributed by atoms with van der Waals surface area (Å²) in [5, 5.41) is 10.6. The molecule has 0 bridgehead atoms. The molecule has 552 valence electrons. The lowest BCUT2D eigenvalue weighted by Gasteiger charge is -2.21. The maximum absolute atomic E-state index is 13.1. The average molecular weight is 1390 g/mol. The Morgan fingerprint density at radius 2 is 0.562 bits per heavy atom. The van der Waals surface area contributed by atoms with Crippen LogP contribution in [0.1, 0.15) is 297 Å². The normalized spacial score (nSPS) is 14.6. The van der Waals surface area contributed by atoms with E-state index in [1.165, 1.54) is 51.4 Å². The summed E-state index contributed by atoms with van der Waals surface area (Å²) in [5.74, 6) is -2.25. The molecule has 0 heterocycles. The lowest BCUT2D eigenvalue weighted by molar-refractivity contribution is -0.161. The first-order valence-electron chi connectivity index (χ1n) is 37.1. The molecule has 5 unspecified atom stereocenters. The quantitative estimate of drug-likeness (QED) is 0.0169. The molecule has 96 heavy (non-hydrogen) atoms. The Kier molecular flexibility index (Phi) is 66.1. The smallest absolute Gasteiger partial charge is 0.462 e. The van der Waals surface area contributed by atoms with Gasteiger partial charge >= 0.3 is 39.5 Å². The van der Waals surface area contributed by atoms with E-state index in [-0.39, 0.29) is 25.7 Å². The molecule has 0 rings (SSSR count). The van der Waals surface area contributed by atoms with Gasteiger partial charge in [-0.05, 0) is 122 Å². The van der Waals surface area contributed by atoms with Crippen molar-refractivity contribution in [2.75, 3.05) is 39.6 Å². The van der Waals surface area contributed by atoms with Gasteiger partial charge in [0.15, 0.2) is 12.2 Å². The van der Waals surface area contributed by atoms with Gasteiger partial charge in [-0.3, -0.25) is 37.3 Å². The number of hydrogen-bond donors (Lipinski definition) is 3. The van der Waals surface area contributed by atoms with Crippen molar-refractivity contribution in [1.82, 2.24) is 0 Å². The Hall–Kier alpha value is -4.28. The van der Waals surface area contributed by atoms with Crippen LogP contribution in [0.3, 0.4) is 0 Å². The third-order valence-corrected chi connectivity index (χ3v) is 17.1. The molecule has 3 N–H and O–H groups in total. The number of phosphoric ester groups is 2. The fourth-order valence-electron chi connectivity index (χ4n) is 9.62. The minimum Gasteiger partial charge on any atom is -0.462 e. The van der Waals surface area contributed by atoms with Crippen LogP contribution in [0.15, 0.2) is 109 Å². The first-order valence-corrected chi connectivity index (χ1v) is 40.1. The molecule has 0 aliphatic carbocycles. The molecule has 0 aliphatic rings. The second-order valence-corrected chi connectivity index (χ2v) is 27.4. The summed E-state index contributed by atoms with van der Waals surface area (Å²) in [6, 6.07) is 0. The van der Waals surface area contributed by atoms with E-state index in [1.807, 2.05) is 0 Å². The molecule has 0 radical (unpaired) electrons. The van der Waals surface area contributed by atoms with Crippen LogP contribution >= 0.6 is 15.6 Å². The molecule has 0 spiro atoms. The molecule has 0 aliphatic heterocycles. The van der Waals surface area contributed by atoms with E-state index in [0.717, 1.165) is 167 Å². The van der Waals surface area contributed by atoms with Crippen molar-refractivity contribution in [3.05, 3.63) is 109 Å². The summed E-state index contributed by atoms with van der Waals surface area (Å²) < 4.78 is 68.3. The van der Waals surface area contributed by atoms with Gasteiger partial charge in [0, 0.05) is 25.7 Å². The van der Waals surface area contributed by atoms with Gasteiger partial charge in [-0.1, -0.05) is 259 Å². The number of allylic oxidation sites excluding steroid dienone is 18. The van der Waals surface area contributed by atoms with Crippen molar-refractivity contribution in [2.24, 2.45) is 0 Å². The number of rotatable bonds is 69. The van der Waals surface area contributed by atoms with Crippen molar-refractivity contribution in [3.63, 3.8) is 0 Å². The number of carbonyl (C=O) groups is 4. The fourth-order valence-corrected chi connectivity index (χ4v) is 11.2. The zero-order valence-corrected chi connectivity index (χ0v) is 61.8. The molecule has 5 atom stereocenters. The zero-order valence-electron chi connectivity index (χ0n) is 60.0. The molecule has 0 aromatic heterocycles. The molecule has 17 nitrogen and oxygen atoms in total. The summed E-state index contributed by atoms with van der Waals surface area (Å²) in [7, 11) is -9.96. The predicted molar refractivity (Wildman–Crippen MR) is 390 cm³/mol. The number of esters is 4. The number of aliphatic hydroxyl groups is 1. The van der Waals surface area contributed by atoms with Gasteiger partial charge < -0.3 is 33.8 Å². The molecule has 0 amide bonds. The van der Waals surface area contributed by atoms with Crippen LogP contribution in [0.2, 0.25) is 0 Å². The van der Waals surface area contributed by atoms with Crippen molar-refractivity contribution in [3.8, 4) is 0 Å². The lowest BCUT2D eigenvalue weighted by atomic mass is 10.0. The third-order valence-electron chi connectivity index (χ3n) is 15.2. The summed E-state index contributed by atoms with van der Waals surface area (Å²) in [6.45, 7) is 4.50. The lowest BCUT2D eigenvalue weighted by Crippen LogP contribution is -2.30. The highest BCUT2D eigenvalue weighted by Gasteiger charge is 2.30. The van der Waals surface area contributed by atoms with Crippen molar-refractivity contribution >= 4 is 39.5 Å². The van der Waals surface area contributed by atoms with Gasteiger partial charge in [0.05, 0.1) is 26.4 Å². The summed E-state index contributed by atoms with van der Waals surface area (Å²) in [4.78, 5) is 72.7. The minimum absolute atomic E-state index is 0.0682. The SMILES string of the molecule is CC/C=C\C/C=C\C/C=C\C/C=C\CCCCC(=O)OCC(COP(=O)(O)OCC(O)COP(=O)(O)OCC(COC(=O)CCCCCCC/C=C\C/C=C\C/C=C\CC)OC(=O)CCCCCCCCCCCCCCC)OC(=O)CCCCCCC/C=C\C/C=C\CCC. The van der Waals surface area contributed by atoms with Crippen molar-refractivity contribution in [1.29, 1.82) is 0 Å². The fraction of sp³-hybridized carbons (Fsp3) is 0.714. The number of unbranched alkanes of at least 4 members (excludes halogenated alkanes) is 25. The second-order valence-electron chi connectivity index (χ2n) is 24.5. The zero-order chi connectivity index (χ0) is 70.4. The molecule has 0 aromatic carbocycles. The number of ether oxygens (including phenoxy) is 4. The minimum atomic E-state index is -4.98. The predicted octanol–water partition coefficient (Wildman–Crippen LogP) is 21.0. The van der Waals surface area contributed by atoms with Crippen LogP contribution < -0.4 is 0 Å². The van der Waals surface area contributed by atoms with Crippen LogP contribution in [0.5, 0.6) is 0 Å². The molecular weight excluding hydrogens is 1260 g/mol. The largest absolute Gasteiger partial charge is 0.472 e. The van der Waals surface area contributed by atoms with E-state index in [4.69, 9.17) is 37.0 Å². The third kappa shape index (κ3) is 68.3.